The van der Waals surface area contributed by atoms with Gasteiger partial charge in [0, 0.05) is 7.05 Å². The first-order valence-electron chi connectivity index (χ1n) is 4.75. The van der Waals surface area contributed by atoms with Crippen molar-refractivity contribution in [2.75, 3.05) is 7.11 Å². The van der Waals surface area contributed by atoms with Crippen LogP contribution in [-0.2, 0) is 23.1 Å². The minimum atomic E-state index is -0.579. The van der Waals surface area contributed by atoms with Gasteiger partial charge in [0.25, 0.3) is 5.56 Å². The molecule has 0 aromatic carbocycles. The number of hydrogen-bond acceptors (Lipinski definition) is 5. The maximum atomic E-state index is 11.6. The lowest BCUT2D eigenvalue weighted by atomic mass is 10.5. The standard InChI is InChI=1S/C9H10N4O4/c1-12-7-6(8(15)11-9(12)16)13(4-10-7)3-5(14)17-2/h4H,3H2,1-2H3,(H,11,15,16). The molecule has 90 valence electrons. The number of carbonyl (C=O) groups is 1. The number of carbonyl (C=O) groups excluding carboxylic acids is 1. The predicted octanol–water partition coefficient (Wildman–Crippen LogP) is -1.40. The van der Waals surface area contributed by atoms with Crippen LogP contribution in [0, 0.1) is 0 Å². The molecule has 2 heterocycles. The Labute approximate surface area is 94.5 Å². The van der Waals surface area contributed by atoms with Crippen molar-refractivity contribution in [2.45, 2.75) is 6.54 Å². The summed E-state index contributed by atoms with van der Waals surface area (Å²) >= 11 is 0. The Morgan fingerprint density at radius 3 is 2.88 bits per heavy atom. The van der Waals surface area contributed by atoms with Crippen molar-refractivity contribution in [1.82, 2.24) is 19.1 Å². The van der Waals surface area contributed by atoms with Crippen LogP contribution in [0.15, 0.2) is 15.9 Å². The van der Waals surface area contributed by atoms with E-state index in [0.717, 1.165) is 0 Å². The van der Waals surface area contributed by atoms with Gasteiger partial charge in [0.1, 0.15) is 6.54 Å². The van der Waals surface area contributed by atoms with E-state index in [1.807, 2.05) is 0 Å². The Morgan fingerprint density at radius 1 is 1.53 bits per heavy atom. The van der Waals surface area contributed by atoms with E-state index in [1.165, 1.54) is 29.6 Å². The lowest BCUT2D eigenvalue weighted by molar-refractivity contribution is -0.141. The van der Waals surface area contributed by atoms with Gasteiger partial charge in [0.2, 0.25) is 0 Å². The Kier molecular flexibility index (Phi) is 2.54. The summed E-state index contributed by atoms with van der Waals surface area (Å²) in [5.41, 5.74) is -0.740. The zero-order chi connectivity index (χ0) is 12.6. The molecule has 0 spiro atoms. The number of rotatable bonds is 2. The third-order valence-corrected chi connectivity index (χ3v) is 2.40. The second-order valence-corrected chi connectivity index (χ2v) is 3.44. The number of nitrogens with one attached hydrogen (secondary N) is 1. The SMILES string of the molecule is COC(=O)Cn1cnc2c1c(=O)[nH]c(=O)n2C. The average molecular weight is 238 g/mol. The summed E-state index contributed by atoms with van der Waals surface area (Å²) in [6, 6.07) is 0. The molecule has 0 aliphatic carbocycles. The van der Waals surface area contributed by atoms with E-state index in [4.69, 9.17) is 0 Å². The van der Waals surface area contributed by atoms with Gasteiger partial charge in [-0.15, -0.1) is 0 Å². The highest BCUT2D eigenvalue weighted by Gasteiger charge is 2.13. The molecule has 2 rings (SSSR count). The number of nitrogens with zero attached hydrogens (tertiary/aromatic N) is 3. The first-order chi connectivity index (χ1) is 8.04. The number of aromatic nitrogens is 4. The third kappa shape index (κ3) is 1.73. The molecular weight excluding hydrogens is 228 g/mol. The van der Waals surface area contributed by atoms with Crippen molar-refractivity contribution in [3.05, 3.63) is 27.2 Å². The Hall–Kier alpha value is -2.38. The van der Waals surface area contributed by atoms with Crippen molar-refractivity contribution in [2.24, 2.45) is 7.05 Å². The van der Waals surface area contributed by atoms with Gasteiger partial charge in [-0.3, -0.25) is 19.1 Å². The molecule has 0 bridgehead atoms. The van der Waals surface area contributed by atoms with Crippen LogP contribution in [-0.4, -0.2) is 32.2 Å². The third-order valence-electron chi connectivity index (χ3n) is 2.40. The lowest BCUT2D eigenvalue weighted by Gasteiger charge is -2.02. The van der Waals surface area contributed by atoms with Crippen molar-refractivity contribution >= 4 is 17.1 Å². The molecule has 0 unspecified atom stereocenters. The number of methoxy groups -OCH3 is 1. The normalized spacial score (nSPS) is 10.7. The summed E-state index contributed by atoms with van der Waals surface area (Å²) in [6.07, 6.45) is 1.32. The molecule has 0 saturated carbocycles. The quantitative estimate of drug-likeness (QED) is 0.648. The topological polar surface area (TPSA) is 99.0 Å². The molecule has 0 atom stereocenters. The number of imidazole rings is 1. The number of hydrogen-bond donors (Lipinski definition) is 1. The first-order valence-corrected chi connectivity index (χ1v) is 4.75. The molecule has 1 N–H and O–H groups in total. The van der Waals surface area contributed by atoms with Crippen LogP contribution < -0.4 is 11.2 Å². The van der Waals surface area contributed by atoms with Crippen molar-refractivity contribution in [3.8, 4) is 0 Å². The summed E-state index contributed by atoms with van der Waals surface area (Å²) < 4.78 is 7.03. The van der Waals surface area contributed by atoms with E-state index in [2.05, 4.69) is 14.7 Å². The van der Waals surface area contributed by atoms with E-state index in [9.17, 15) is 14.4 Å². The zero-order valence-corrected chi connectivity index (χ0v) is 9.26. The second kappa shape index (κ2) is 3.89. The highest BCUT2D eigenvalue weighted by atomic mass is 16.5. The van der Waals surface area contributed by atoms with E-state index < -0.39 is 17.2 Å². The Bertz CT molecular complexity index is 693. The Balaban J connectivity index is 2.69. The zero-order valence-electron chi connectivity index (χ0n) is 9.26. The number of fused-ring (bicyclic) bond motifs is 1. The number of H-pyrrole nitrogens is 1. The van der Waals surface area contributed by atoms with Crippen LogP contribution in [0.3, 0.4) is 0 Å². The van der Waals surface area contributed by atoms with Crippen LogP contribution in [0.4, 0.5) is 0 Å². The maximum Gasteiger partial charge on any atom is 0.329 e. The average Bonchev–Trinajstić information content (AvgIpc) is 2.70. The molecule has 2 aromatic rings. The number of ether oxygens (including phenoxy) is 1. The van der Waals surface area contributed by atoms with E-state index in [-0.39, 0.29) is 17.7 Å². The smallest absolute Gasteiger partial charge is 0.329 e. The minimum absolute atomic E-state index is 0.131. The highest BCUT2D eigenvalue weighted by molar-refractivity contribution is 5.74. The minimum Gasteiger partial charge on any atom is -0.468 e. The molecule has 0 amide bonds. The van der Waals surface area contributed by atoms with Crippen molar-refractivity contribution in [3.63, 3.8) is 0 Å². The van der Waals surface area contributed by atoms with Crippen LogP contribution in [0.1, 0.15) is 0 Å². The largest absolute Gasteiger partial charge is 0.468 e. The van der Waals surface area contributed by atoms with Crippen molar-refractivity contribution in [1.29, 1.82) is 0 Å². The first kappa shape index (κ1) is 11.1. The van der Waals surface area contributed by atoms with Crippen LogP contribution in [0.25, 0.3) is 11.2 Å². The highest BCUT2D eigenvalue weighted by Crippen LogP contribution is 2.04. The summed E-state index contributed by atoms with van der Waals surface area (Å²) in [7, 11) is 2.73. The number of aromatic amines is 1. The maximum absolute atomic E-state index is 11.6. The molecular formula is C9H10N4O4. The molecule has 8 heteroatoms. The Morgan fingerprint density at radius 2 is 2.24 bits per heavy atom. The van der Waals surface area contributed by atoms with Gasteiger partial charge in [0.15, 0.2) is 11.2 Å². The van der Waals surface area contributed by atoms with E-state index in [1.54, 1.807) is 0 Å². The van der Waals surface area contributed by atoms with Crippen LogP contribution in [0.5, 0.6) is 0 Å². The summed E-state index contributed by atoms with van der Waals surface area (Å²) in [6.45, 7) is -0.131. The van der Waals surface area contributed by atoms with Gasteiger partial charge in [-0.1, -0.05) is 0 Å². The molecule has 0 aliphatic rings. The van der Waals surface area contributed by atoms with Gasteiger partial charge in [-0.2, -0.15) is 0 Å². The van der Waals surface area contributed by atoms with Gasteiger partial charge in [-0.25, -0.2) is 9.78 Å². The lowest BCUT2D eigenvalue weighted by Crippen LogP contribution is -2.29. The second-order valence-electron chi connectivity index (χ2n) is 3.44. The van der Waals surface area contributed by atoms with Gasteiger partial charge in [-0.05, 0) is 0 Å². The summed E-state index contributed by atoms with van der Waals surface area (Å²) in [4.78, 5) is 40.1. The summed E-state index contributed by atoms with van der Waals surface area (Å²) in [5.74, 6) is -0.502. The van der Waals surface area contributed by atoms with Gasteiger partial charge in [0.05, 0.1) is 13.4 Å². The summed E-state index contributed by atoms with van der Waals surface area (Å²) in [5, 5.41) is 0. The molecule has 0 radical (unpaired) electrons. The molecule has 0 fully saturated rings. The van der Waals surface area contributed by atoms with Gasteiger partial charge >= 0.3 is 11.7 Å². The van der Waals surface area contributed by atoms with Gasteiger partial charge < -0.3 is 9.30 Å². The number of aryl methyl sites for hydroxylation is 1. The monoisotopic (exact) mass is 238 g/mol. The molecule has 0 saturated heterocycles. The molecule has 17 heavy (non-hydrogen) atoms. The number of esters is 1. The molecule has 2 aromatic heterocycles. The fraction of sp³-hybridized carbons (Fsp3) is 0.333. The fourth-order valence-corrected chi connectivity index (χ4v) is 1.51. The van der Waals surface area contributed by atoms with Crippen molar-refractivity contribution < 1.29 is 9.53 Å². The van der Waals surface area contributed by atoms with E-state index in [0.29, 0.717) is 0 Å². The predicted molar refractivity (Wildman–Crippen MR) is 57.6 cm³/mol. The molecule has 8 nitrogen and oxygen atoms in total. The van der Waals surface area contributed by atoms with Crippen LogP contribution in [0.2, 0.25) is 0 Å². The fourth-order valence-electron chi connectivity index (χ4n) is 1.51. The van der Waals surface area contributed by atoms with Crippen LogP contribution >= 0.6 is 0 Å². The van der Waals surface area contributed by atoms with E-state index >= 15 is 0 Å². The molecule has 0 aliphatic heterocycles.